The van der Waals surface area contributed by atoms with E-state index in [4.69, 9.17) is 27.9 Å². The highest BCUT2D eigenvalue weighted by atomic mass is 35.5. The summed E-state index contributed by atoms with van der Waals surface area (Å²) in [5.41, 5.74) is 1.55. The molecule has 0 radical (unpaired) electrons. The average Bonchev–Trinajstić information content (AvgIpc) is 2.74. The number of carbonyl (C=O) groups is 2. The Morgan fingerprint density at radius 1 is 1.13 bits per heavy atom. The maximum Gasteiger partial charge on any atom is 0.242 e. The number of nitrogens with one attached hydrogen (secondary N) is 1. The monoisotopic (exact) mass is 450 g/mol. The molecule has 0 saturated carbocycles. The summed E-state index contributed by atoms with van der Waals surface area (Å²) < 4.78 is 5.29. The lowest BCUT2D eigenvalue weighted by Crippen LogP contribution is -2.49. The van der Waals surface area contributed by atoms with Gasteiger partial charge >= 0.3 is 0 Å². The van der Waals surface area contributed by atoms with Gasteiger partial charge in [0.2, 0.25) is 11.8 Å². The van der Waals surface area contributed by atoms with Gasteiger partial charge in [0.1, 0.15) is 11.8 Å². The van der Waals surface area contributed by atoms with Crippen LogP contribution in [-0.2, 0) is 22.6 Å². The van der Waals surface area contributed by atoms with Gasteiger partial charge in [-0.1, -0.05) is 55.2 Å². The van der Waals surface area contributed by atoms with E-state index in [0.717, 1.165) is 12.0 Å². The third kappa shape index (κ3) is 6.64. The molecule has 162 valence electrons. The first-order chi connectivity index (χ1) is 14.4. The lowest BCUT2D eigenvalue weighted by Gasteiger charge is -2.31. The van der Waals surface area contributed by atoms with E-state index in [1.54, 1.807) is 30.2 Å². The first-order valence-electron chi connectivity index (χ1n) is 10.0. The van der Waals surface area contributed by atoms with Crippen LogP contribution in [0.1, 0.15) is 37.8 Å². The Kier molecular flexibility index (Phi) is 9.47. The predicted octanol–water partition coefficient (Wildman–Crippen LogP) is 4.88. The van der Waals surface area contributed by atoms with Crippen molar-refractivity contribution in [3.05, 3.63) is 63.6 Å². The zero-order chi connectivity index (χ0) is 22.1. The minimum Gasteiger partial charge on any atom is -0.497 e. The summed E-state index contributed by atoms with van der Waals surface area (Å²) >= 11 is 12.2. The lowest BCUT2D eigenvalue weighted by molar-refractivity contribution is -0.140. The summed E-state index contributed by atoms with van der Waals surface area (Å²) in [6, 6.07) is 12.0. The molecular weight excluding hydrogens is 423 g/mol. The van der Waals surface area contributed by atoms with Crippen molar-refractivity contribution in [2.75, 3.05) is 13.7 Å². The van der Waals surface area contributed by atoms with Crippen LogP contribution in [0.3, 0.4) is 0 Å². The van der Waals surface area contributed by atoms with Crippen molar-refractivity contribution in [3.63, 3.8) is 0 Å². The maximum absolute atomic E-state index is 13.3. The Morgan fingerprint density at radius 2 is 1.90 bits per heavy atom. The third-order valence-electron chi connectivity index (χ3n) is 4.78. The maximum atomic E-state index is 13.3. The van der Waals surface area contributed by atoms with Gasteiger partial charge in [-0.3, -0.25) is 9.59 Å². The van der Waals surface area contributed by atoms with Crippen molar-refractivity contribution < 1.29 is 14.3 Å². The number of ether oxygens (including phenoxy) is 1. The summed E-state index contributed by atoms with van der Waals surface area (Å²) in [5, 5.41) is 3.85. The van der Waals surface area contributed by atoms with E-state index in [1.165, 1.54) is 0 Å². The molecule has 0 unspecified atom stereocenters. The van der Waals surface area contributed by atoms with Crippen LogP contribution >= 0.6 is 23.2 Å². The molecule has 2 rings (SSSR count). The summed E-state index contributed by atoms with van der Waals surface area (Å²) in [4.78, 5) is 27.7. The van der Waals surface area contributed by atoms with Crippen molar-refractivity contribution in [3.8, 4) is 5.75 Å². The molecule has 0 spiro atoms. The molecule has 0 aliphatic rings. The van der Waals surface area contributed by atoms with E-state index in [1.807, 2.05) is 38.1 Å². The van der Waals surface area contributed by atoms with Crippen LogP contribution in [0.2, 0.25) is 10.0 Å². The second kappa shape index (κ2) is 11.8. The van der Waals surface area contributed by atoms with E-state index in [0.29, 0.717) is 40.9 Å². The van der Waals surface area contributed by atoms with E-state index in [9.17, 15) is 9.59 Å². The van der Waals surface area contributed by atoms with Gasteiger partial charge in [-0.05, 0) is 48.2 Å². The van der Waals surface area contributed by atoms with Crippen LogP contribution in [0, 0.1) is 0 Å². The fraction of sp³-hybridized carbons (Fsp3) is 0.391. The fourth-order valence-electron chi connectivity index (χ4n) is 3.18. The van der Waals surface area contributed by atoms with Crippen LogP contribution in [0.15, 0.2) is 42.5 Å². The van der Waals surface area contributed by atoms with E-state index >= 15 is 0 Å². The van der Waals surface area contributed by atoms with E-state index in [-0.39, 0.29) is 18.2 Å². The summed E-state index contributed by atoms with van der Waals surface area (Å²) in [6.07, 6.45) is 1.41. The lowest BCUT2D eigenvalue weighted by atomic mass is 10.1. The number of hydrogen-bond acceptors (Lipinski definition) is 3. The van der Waals surface area contributed by atoms with Crippen molar-refractivity contribution >= 4 is 35.0 Å². The largest absolute Gasteiger partial charge is 0.497 e. The molecule has 2 amide bonds. The molecule has 2 aromatic carbocycles. The Bertz CT molecular complexity index is 873. The molecule has 0 aliphatic heterocycles. The van der Waals surface area contributed by atoms with Gasteiger partial charge in [-0.15, -0.1) is 0 Å². The molecule has 0 saturated heterocycles. The van der Waals surface area contributed by atoms with Crippen molar-refractivity contribution in [2.45, 2.75) is 45.7 Å². The highest BCUT2D eigenvalue weighted by Gasteiger charge is 2.28. The number of benzene rings is 2. The predicted molar refractivity (Wildman–Crippen MR) is 121 cm³/mol. The molecule has 0 aliphatic carbocycles. The Hall–Kier alpha value is -2.24. The second-order valence-electron chi connectivity index (χ2n) is 7.00. The van der Waals surface area contributed by atoms with Crippen molar-refractivity contribution in [1.29, 1.82) is 0 Å². The minimum atomic E-state index is -0.582. The van der Waals surface area contributed by atoms with Crippen molar-refractivity contribution in [1.82, 2.24) is 10.2 Å². The number of halogens is 2. The van der Waals surface area contributed by atoms with Gasteiger partial charge in [0.05, 0.1) is 13.5 Å². The summed E-state index contributed by atoms with van der Waals surface area (Å²) in [7, 11) is 1.59. The molecule has 2 aromatic rings. The van der Waals surface area contributed by atoms with Gasteiger partial charge in [-0.2, -0.15) is 0 Å². The highest BCUT2D eigenvalue weighted by molar-refractivity contribution is 6.35. The van der Waals surface area contributed by atoms with Gasteiger partial charge in [0, 0.05) is 23.1 Å². The quantitative estimate of drug-likeness (QED) is 0.560. The van der Waals surface area contributed by atoms with Crippen LogP contribution in [0.4, 0.5) is 0 Å². The zero-order valence-electron chi connectivity index (χ0n) is 17.6. The van der Waals surface area contributed by atoms with Gasteiger partial charge in [0.25, 0.3) is 0 Å². The van der Waals surface area contributed by atoms with Crippen LogP contribution in [-0.4, -0.2) is 36.4 Å². The first kappa shape index (κ1) is 24.0. The molecule has 0 aromatic heterocycles. The highest BCUT2D eigenvalue weighted by Crippen LogP contribution is 2.23. The molecule has 5 nitrogen and oxygen atoms in total. The first-order valence-corrected chi connectivity index (χ1v) is 10.8. The smallest absolute Gasteiger partial charge is 0.242 e. The summed E-state index contributed by atoms with van der Waals surface area (Å²) in [5.74, 6) is 0.363. The third-order valence-corrected chi connectivity index (χ3v) is 5.37. The SMILES string of the molecule is CCCNC(=O)[C@H](CC)N(Cc1cccc(OC)c1)C(=O)Cc1ccc(Cl)cc1Cl. The fourth-order valence-corrected chi connectivity index (χ4v) is 3.66. The molecule has 1 atom stereocenters. The number of amides is 2. The standard InChI is InChI=1S/C23H28Cl2N2O3/c1-4-11-26-23(29)21(5-2)27(15-16-7-6-8-19(12-16)30-3)22(28)13-17-9-10-18(24)14-20(17)25/h6-10,12,14,21H,4-5,11,13,15H2,1-3H3,(H,26,29)/t21-/m0/s1. The number of rotatable bonds is 10. The Morgan fingerprint density at radius 3 is 2.53 bits per heavy atom. The van der Waals surface area contributed by atoms with Crippen molar-refractivity contribution in [2.24, 2.45) is 0 Å². The van der Waals surface area contributed by atoms with Gasteiger partial charge in [0.15, 0.2) is 0 Å². The van der Waals surface area contributed by atoms with E-state index < -0.39 is 6.04 Å². The van der Waals surface area contributed by atoms with Crippen LogP contribution in [0.25, 0.3) is 0 Å². The second-order valence-corrected chi connectivity index (χ2v) is 7.84. The molecule has 0 heterocycles. The molecule has 1 N–H and O–H groups in total. The van der Waals surface area contributed by atoms with Gasteiger partial charge < -0.3 is 15.0 Å². The van der Waals surface area contributed by atoms with E-state index in [2.05, 4.69) is 5.32 Å². The van der Waals surface area contributed by atoms with Crippen LogP contribution < -0.4 is 10.1 Å². The summed E-state index contributed by atoms with van der Waals surface area (Å²) in [6.45, 7) is 4.75. The molecule has 7 heteroatoms. The molecule has 30 heavy (non-hydrogen) atoms. The molecular formula is C23H28Cl2N2O3. The minimum absolute atomic E-state index is 0.0809. The average molecular weight is 451 g/mol. The molecule has 0 bridgehead atoms. The van der Waals surface area contributed by atoms with Gasteiger partial charge in [-0.25, -0.2) is 0 Å². The number of nitrogens with zero attached hydrogens (tertiary/aromatic N) is 1. The molecule has 0 fully saturated rings. The Labute approximate surface area is 188 Å². The normalized spacial score (nSPS) is 11.6. The topological polar surface area (TPSA) is 58.6 Å². The van der Waals surface area contributed by atoms with Crippen LogP contribution in [0.5, 0.6) is 5.75 Å². The number of hydrogen-bond donors (Lipinski definition) is 1. The zero-order valence-corrected chi connectivity index (χ0v) is 19.1. The number of methoxy groups -OCH3 is 1. The number of carbonyl (C=O) groups excluding carboxylic acids is 2. The Balaban J connectivity index is 2.32.